The number of nitrogens with two attached hydrogens (primary N) is 1. The second-order valence-corrected chi connectivity index (χ2v) is 8.37. The summed E-state index contributed by atoms with van der Waals surface area (Å²) in [4.78, 5) is 18.2. The van der Waals surface area contributed by atoms with Crippen LogP contribution >= 0.6 is 23.4 Å². The SMILES string of the molecule is CC.Cc1cc(Cl)ccc1-c1cnc(C(O)(CCSCCC(N)C(=O)O)C(F)(F)F)nc1. The highest BCUT2D eigenvalue weighted by molar-refractivity contribution is 7.99. The van der Waals surface area contributed by atoms with Gasteiger partial charge in [0.25, 0.3) is 0 Å². The Kier molecular flexibility index (Phi) is 10.9. The van der Waals surface area contributed by atoms with Gasteiger partial charge in [0, 0.05) is 29.4 Å². The molecule has 6 nitrogen and oxygen atoms in total. The first kappa shape index (κ1) is 28.2. The molecule has 2 atom stereocenters. The van der Waals surface area contributed by atoms with Crippen LogP contribution in [0.5, 0.6) is 0 Å². The van der Waals surface area contributed by atoms with Crippen LogP contribution in [0.1, 0.15) is 38.1 Å². The van der Waals surface area contributed by atoms with Gasteiger partial charge in [-0.3, -0.25) is 4.79 Å². The topological polar surface area (TPSA) is 109 Å². The third kappa shape index (κ3) is 7.33. The molecule has 0 aliphatic carbocycles. The van der Waals surface area contributed by atoms with Gasteiger partial charge in [-0.1, -0.05) is 31.5 Å². The fourth-order valence-corrected chi connectivity index (χ4v) is 3.96. The number of carboxylic acids is 1. The number of rotatable bonds is 9. The van der Waals surface area contributed by atoms with Crippen LogP contribution in [0.15, 0.2) is 30.6 Å². The fraction of sp³-hybridized carbons (Fsp3) is 0.476. The van der Waals surface area contributed by atoms with Gasteiger partial charge in [0.1, 0.15) is 6.04 Å². The van der Waals surface area contributed by atoms with Crippen LogP contribution in [0.25, 0.3) is 11.1 Å². The first-order valence-corrected chi connectivity index (χ1v) is 11.4. The predicted molar refractivity (Wildman–Crippen MR) is 121 cm³/mol. The van der Waals surface area contributed by atoms with Crippen molar-refractivity contribution in [3.05, 3.63) is 47.0 Å². The lowest BCUT2D eigenvalue weighted by molar-refractivity contribution is -0.270. The van der Waals surface area contributed by atoms with Gasteiger partial charge in [-0.05, 0) is 48.1 Å². The summed E-state index contributed by atoms with van der Waals surface area (Å²) in [5.74, 6) is -1.75. The van der Waals surface area contributed by atoms with E-state index in [1.807, 2.05) is 13.8 Å². The van der Waals surface area contributed by atoms with E-state index in [1.54, 1.807) is 25.1 Å². The molecule has 178 valence electrons. The van der Waals surface area contributed by atoms with E-state index in [0.29, 0.717) is 16.1 Å². The maximum atomic E-state index is 13.6. The number of aliphatic hydroxyl groups is 1. The zero-order valence-corrected chi connectivity index (χ0v) is 19.6. The van der Waals surface area contributed by atoms with E-state index in [1.165, 1.54) is 12.4 Å². The van der Waals surface area contributed by atoms with Crippen LogP contribution in [-0.4, -0.2) is 49.9 Å². The third-order valence-electron chi connectivity index (χ3n) is 4.49. The Balaban J connectivity index is 0.00000249. The molecule has 0 saturated carbocycles. The summed E-state index contributed by atoms with van der Waals surface area (Å²) in [7, 11) is 0. The van der Waals surface area contributed by atoms with Gasteiger partial charge in [-0.15, -0.1) is 0 Å². The minimum Gasteiger partial charge on any atom is -0.480 e. The van der Waals surface area contributed by atoms with Crippen LogP contribution < -0.4 is 5.73 Å². The Morgan fingerprint density at radius 3 is 2.31 bits per heavy atom. The summed E-state index contributed by atoms with van der Waals surface area (Å²) in [6.45, 7) is 5.80. The van der Waals surface area contributed by atoms with Gasteiger partial charge in [0.2, 0.25) is 5.60 Å². The maximum Gasteiger partial charge on any atom is 0.424 e. The number of alkyl halides is 3. The van der Waals surface area contributed by atoms with E-state index >= 15 is 0 Å². The average Bonchev–Trinajstić information content (AvgIpc) is 2.74. The van der Waals surface area contributed by atoms with E-state index in [0.717, 1.165) is 17.3 Å². The Hall–Kier alpha value is -1.88. The molecule has 0 radical (unpaired) electrons. The normalized spacial score (nSPS) is 14.2. The molecule has 32 heavy (non-hydrogen) atoms. The van der Waals surface area contributed by atoms with Crippen molar-refractivity contribution in [2.24, 2.45) is 5.73 Å². The Morgan fingerprint density at radius 1 is 1.22 bits per heavy atom. The highest BCUT2D eigenvalue weighted by Crippen LogP contribution is 2.41. The van der Waals surface area contributed by atoms with Crippen molar-refractivity contribution in [3.63, 3.8) is 0 Å². The van der Waals surface area contributed by atoms with Crippen molar-refractivity contribution in [1.29, 1.82) is 0 Å². The second kappa shape index (κ2) is 12.4. The van der Waals surface area contributed by atoms with Crippen LogP contribution in [0.2, 0.25) is 5.02 Å². The molecule has 0 fully saturated rings. The molecular formula is C21H27ClF3N3O3S. The summed E-state index contributed by atoms with van der Waals surface area (Å²) in [6, 6.07) is 4.00. The number of hydrogen-bond donors (Lipinski definition) is 3. The number of benzene rings is 1. The third-order valence-corrected chi connectivity index (χ3v) is 5.74. The Bertz CT molecular complexity index is 885. The van der Waals surface area contributed by atoms with E-state index in [4.69, 9.17) is 22.4 Å². The number of nitrogens with zero attached hydrogens (tertiary/aromatic N) is 2. The quantitative estimate of drug-likeness (QED) is 0.430. The predicted octanol–water partition coefficient (Wildman–Crippen LogP) is 4.81. The minimum atomic E-state index is -4.98. The number of halogens is 4. The number of thioether (sulfide) groups is 1. The average molecular weight is 494 g/mol. The Morgan fingerprint density at radius 2 is 1.81 bits per heavy atom. The monoisotopic (exact) mass is 493 g/mol. The molecule has 2 unspecified atom stereocenters. The van der Waals surface area contributed by atoms with Crippen LogP contribution in [0.4, 0.5) is 13.2 Å². The lowest BCUT2D eigenvalue weighted by atomic mass is 9.98. The van der Waals surface area contributed by atoms with Crippen molar-refractivity contribution >= 4 is 29.3 Å². The summed E-state index contributed by atoms with van der Waals surface area (Å²) in [6.07, 6.45) is -3.09. The van der Waals surface area contributed by atoms with Gasteiger partial charge < -0.3 is 15.9 Å². The van der Waals surface area contributed by atoms with Gasteiger partial charge in [0.05, 0.1) is 0 Å². The van der Waals surface area contributed by atoms with Gasteiger partial charge >= 0.3 is 12.1 Å². The zero-order chi connectivity index (χ0) is 24.5. The summed E-state index contributed by atoms with van der Waals surface area (Å²) in [5.41, 5.74) is 4.15. The number of carboxylic acid groups (broad SMARTS) is 1. The highest BCUT2D eigenvalue weighted by atomic mass is 35.5. The van der Waals surface area contributed by atoms with E-state index < -0.39 is 36.0 Å². The molecule has 11 heteroatoms. The molecule has 4 N–H and O–H groups in total. The van der Waals surface area contributed by atoms with Gasteiger partial charge in [-0.2, -0.15) is 24.9 Å². The van der Waals surface area contributed by atoms with Gasteiger partial charge in [-0.25, -0.2) is 9.97 Å². The van der Waals surface area contributed by atoms with Crippen molar-refractivity contribution < 1.29 is 28.2 Å². The number of aryl methyl sites for hydroxylation is 1. The van der Waals surface area contributed by atoms with E-state index in [-0.39, 0.29) is 17.9 Å². The van der Waals surface area contributed by atoms with Crippen LogP contribution in [0.3, 0.4) is 0 Å². The summed E-state index contributed by atoms with van der Waals surface area (Å²) >= 11 is 6.98. The fourth-order valence-electron chi connectivity index (χ4n) is 2.67. The molecule has 1 aromatic heterocycles. The molecule has 2 aromatic rings. The summed E-state index contributed by atoms with van der Waals surface area (Å²) < 4.78 is 40.8. The first-order valence-electron chi connectivity index (χ1n) is 9.90. The molecular weight excluding hydrogens is 467 g/mol. The number of hydrogen-bond acceptors (Lipinski definition) is 6. The molecule has 0 aliphatic heterocycles. The first-order chi connectivity index (χ1) is 15.0. The van der Waals surface area contributed by atoms with Crippen LogP contribution in [0, 0.1) is 6.92 Å². The largest absolute Gasteiger partial charge is 0.480 e. The number of aliphatic carboxylic acids is 1. The zero-order valence-electron chi connectivity index (χ0n) is 18.0. The highest BCUT2D eigenvalue weighted by Gasteiger charge is 2.56. The minimum absolute atomic E-state index is 0.0796. The molecule has 2 rings (SSSR count). The van der Waals surface area contributed by atoms with Crippen molar-refractivity contribution in [1.82, 2.24) is 9.97 Å². The molecule has 0 spiro atoms. The molecule has 0 saturated heterocycles. The smallest absolute Gasteiger partial charge is 0.424 e. The number of aromatic nitrogens is 2. The second-order valence-electron chi connectivity index (χ2n) is 6.71. The number of carbonyl (C=O) groups is 1. The maximum absolute atomic E-state index is 13.6. The van der Waals surface area contributed by atoms with Gasteiger partial charge in [0.15, 0.2) is 5.82 Å². The van der Waals surface area contributed by atoms with Crippen molar-refractivity contribution in [2.45, 2.75) is 51.4 Å². The molecule has 0 aliphatic rings. The van der Waals surface area contributed by atoms with Crippen LogP contribution in [-0.2, 0) is 10.4 Å². The molecule has 0 amide bonds. The standard InChI is InChI=1S/C19H21ClF3N3O3S.C2H6/c1-11-8-13(20)2-3-14(11)12-9-25-17(26-10-12)18(29,19(21,22)23)5-7-30-6-4-15(24)16(27)28;1-2/h2-3,8-10,15,29H,4-7,24H2,1H3,(H,27,28);1-2H3. The lowest BCUT2D eigenvalue weighted by Crippen LogP contribution is -2.44. The Labute approximate surface area is 194 Å². The lowest BCUT2D eigenvalue weighted by Gasteiger charge is -2.29. The van der Waals surface area contributed by atoms with Crippen molar-refractivity contribution in [3.8, 4) is 11.1 Å². The molecule has 1 heterocycles. The van der Waals surface area contributed by atoms with E-state index in [9.17, 15) is 23.1 Å². The molecule has 1 aromatic carbocycles. The summed E-state index contributed by atoms with van der Waals surface area (Å²) in [5, 5.41) is 19.6. The van der Waals surface area contributed by atoms with E-state index in [2.05, 4.69) is 9.97 Å². The van der Waals surface area contributed by atoms with Crippen molar-refractivity contribution in [2.75, 3.05) is 11.5 Å². The molecule has 0 bridgehead atoms.